The number of hydrogen-bond acceptors (Lipinski definition) is 6. The van der Waals surface area contributed by atoms with E-state index in [0.29, 0.717) is 29.7 Å². The van der Waals surface area contributed by atoms with Crippen LogP contribution in [0.2, 0.25) is 0 Å². The van der Waals surface area contributed by atoms with Crippen LogP contribution in [0.4, 0.5) is 0 Å². The summed E-state index contributed by atoms with van der Waals surface area (Å²) in [5.74, 6) is 3.14. The highest BCUT2D eigenvalue weighted by Crippen LogP contribution is 2.38. The molecule has 1 heterocycles. The summed E-state index contributed by atoms with van der Waals surface area (Å²) in [5.41, 5.74) is 1.000. The van der Waals surface area contributed by atoms with Crippen LogP contribution in [0.5, 0.6) is 17.2 Å². The maximum absolute atomic E-state index is 5.72. The first-order valence-electron chi connectivity index (χ1n) is 9.60. The monoisotopic (exact) mass is 395 g/mol. The number of nitrogens with zero attached hydrogens (tertiary/aromatic N) is 1. The summed E-state index contributed by atoms with van der Waals surface area (Å²) in [6.07, 6.45) is 2.02. The second-order valence-electron chi connectivity index (χ2n) is 6.54. The Morgan fingerprint density at radius 2 is 1.89 bits per heavy atom. The molecule has 1 fully saturated rings. The topological polar surface area (TPSA) is 82.6 Å². The Balaban J connectivity index is 1.72. The van der Waals surface area contributed by atoms with Gasteiger partial charge in [-0.15, -0.1) is 0 Å². The average molecular weight is 396 g/mol. The fourth-order valence-corrected chi connectivity index (χ4v) is 2.99. The summed E-state index contributed by atoms with van der Waals surface area (Å²) >= 11 is 0. The molecular formula is C20H33N3O5. The molecule has 0 amide bonds. The number of ether oxygens (including phenoxy) is 5. The second-order valence-corrected chi connectivity index (χ2v) is 6.54. The molecule has 1 aliphatic heterocycles. The SMILES string of the molecule is CN=C(NCCCOCC1CCOC1)NCc1cc(OC)c(OC)c(OC)c1. The van der Waals surface area contributed by atoms with Gasteiger partial charge in [-0.2, -0.15) is 0 Å². The van der Waals surface area contributed by atoms with Crippen molar-refractivity contribution in [2.75, 3.05) is 61.3 Å². The van der Waals surface area contributed by atoms with Crippen molar-refractivity contribution < 1.29 is 23.7 Å². The fraction of sp³-hybridized carbons (Fsp3) is 0.650. The predicted octanol–water partition coefficient (Wildman–Crippen LogP) is 1.82. The largest absolute Gasteiger partial charge is 0.493 e. The molecule has 28 heavy (non-hydrogen) atoms. The molecule has 0 saturated carbocycles. The zero-order chi connectivity index (χ0) is 20.2. The minimum atomic E-state index is 0.556. The van der Waals surface area contributed by atoms with Gasteiger partial charge in [0.25, 0.3) is 0 Å². The molecule has 2 rings (SSSR count). The Morgan fingerprint density at radius 1 is 1.14 bits per heavy atom. The zero-order valence-electron chi connectivity index (χ0n) is 17.4. The third kappa shape index (κ3) is 6.76. The van der Waals surface area contributed by atoms with E-state index in [-0.39, 0.29) is 0 Å². The molecule has 1 aliphatic rings. The highest BCUT2D eigenvalue weighted by atomic mass is 16.5. The molecule has 0 bridgehead atoms. The molecule has 0 aromatic heterocycles. The number of methoxy groups -OCH3 is 3. The molecule has 8 nitrogen and oxygen atoms in total. The number of hydrogen-bond donors (Lipinski definition) is 2. The van der Waals surface area contributed by atoms with Crippen LogP contribution in [0.15, 0.2) is 17.1 Å². The number of rotatable bonds is 11. The van der Waals surface area contributed by atoms with Crippen LogP contribution in [-0.2, 0) is 16.0 Å². The quantitative estimate of drug-likeness (QED) is 0.336. The molecule has 1 aromatic rings. The Morgan fingerprint density at radius 3 is 2.46 bits per heavy atom. The maximum atomic E-state index is 5.72. The van der Waals surface area contributed by atoms with Gasteiger partial charge in [-0.25, -0.2) is 0 Å². The van der Waals surface area contributed by atoms with Crippen molar-refractivity contribution in [3.05, 3.63) is 17.7 Å². The van der Waals surface area contributed by atoms with E-state index in [1.807, 2.05) is 12.1 Å². The molecule has 1 unspecified atom stereocenters. The molecule has 0 radical (unpaired) electrons. The van der Waals surface area contributed by atoms with Crippen LogP contribution < -0.4 is 24.8 Å². The Hall–Kier alpha value is -2.19. The lowest BCUT2D eigenvalue weighted by atomic mass is 10.1. The summed E-state index contributed by atoms with van der Waals surface area (Å²) in [6.45, 7) is 4.57. The first-order valence-corrected chi connectivity index (χ1v) is 9.60. The normalized spacial score (nSPS) is 16.7. The van der Waals surface area contributed by atoms with Crippen molar-refractivity contribution >= 4 is 5.96 Å². The lowest BCUT2D eigenvalue weighted by Gasteiger charge is -2.16. The molecule has 1 aromatic carbocycles. The van der Waals surface area contributed by atoms with Crippen molar-refractivity contribution in [3.63, 3.8) is 0 Å². The molecule has 0 aliphatic carbocycles. The van der Waals surface area contributed by atoms with Gasteiger partial charge in [-0.1, -0.05) is 0 Å². The predicted molar refractivity (Wildman–Crippen MR) is 109 cm³/mol. The summed E-state index contributed by atoms with van der Waals surface area (Å²) < 4.78 is 27.2. The van der Waals surface area contributed by atoms with Gasteiger partial charge in [0.1, 0.15) is 0 Å². The van der Waals surface area contributed by atoms with E-state index >= 15 is 0 Å². The molecule has 158 valence electrons. The van der Waals surface area contributed by atoms with Crippen LogP contribution >= 0.6 is 0 Å². The van der Waals surface area contributed by atoms with E-state index in [4.69, 9.17) is 23.7 Å². The summed E-state index contributed by atoms with van der Waals surface area (Å²) in [7, 11) is 6.56. The molecule has 1 atom stereocenters. The zero-order valence-corrected chi connectivity index (χ0v) is 17.4. The molecule has 2 N–H and O–H groups in total. The summed E-state index contributed by atoms with van der Waals surface area (Å²) in [4.78, 5) is 4.25. The molecule has 1 saturated heterocycles. The van der Waals surface area contributed by atoms with E-state index in [0.717, 1.165) is 57.3 Å². The van der Waals surface area contributed by atoms with E-state index in [1.165, 1.54) is 0 Å². The maximum Gasteiger partial charge on any atom is 0.203 e. The van der Waals surface area contributed by atoms with Gasteiger partial charge in [0.15, 0.2) is 17.5 Å². The van der Waals surface area contributed by atoms with Crippen LogP contribution in [0.3, 0.4) is 0 Å². The van der Waals surface area contributed by atoms with Crippen molar-refractivity contribution in [2.45, 2.75) is 19.4 Å². The third-order valence-electron chi connectivity index (χ3n) is 4.54. The number of benzene rings is 1. The minimum absolute atomic E-state index is 0.556. The Labute approximate surface area is 167 Å². The Bertz CT molecular complexity index is 593. The summed E-state index contributed by atoms with van der Waals surface area (Å²) in [6, 6.07) is 3.84. The van der Waals surface area contributed by atoms with Crippen molar-refractivity contribution in [3.8, 4) is 17.2 Å². The van der Waals surface area contributed by atoms with Crippen molar-refractivity contribution in [2.24, 2.45) is 10.9 Å². The van der Waals surface area contributed by atoms with Crippen LogP contribution in [-0.4, -0.2) is 67.3 Å². The molecule has 0 spiro atoms. The minimum Gasteiger partial charge on any atom is -0.493 e. The lowest BCUT2D eigenvalue weighted by Crippen LogP contribution is -2.37. The standard InChI is InChI=1S/C20H33N3O5/c1-21-20(22-7-5-8-27-13-15-6-9-28-14-15)23-12-16-10-17(24-2)19(26-4)18(11-16)25-3/h10-11,15H,5-9,12-14H2,1-4H3,(H2,21,22,23). The van der Waals surface area contributed by atoms with Gasteiger partial charge in [0.2, 0.25) is 5.75 Å². The first kappa shape index (κ1) is 22.1. The van der Waals surface area contributed by atoms with Gasteiger partial charge >= 0.3 is 0 Å². The first-order chi connectivity index (χ1) is 13.7. The van der Waals surface area contributed by atoms with Crippen LogP contribution in [0.25, 0.3) is 0 Å². The van der Waals surface area contributed by atoms with Gasteiger partial charge < -0.3 is 34.3 Å². The van der Waals surface area contributed by atoms with E-state index < -0.39 is 0 Å². The Kier molecular flexibility index (Phi) is 9.71. The van der Waals surface area contributed by atoms with Gasteiger partial charge in [-0.05, 0) is 30.5 Å². The van der Waals surface area contributed by atoms with Crippen molar-refractivity contribution in [1.29, 1.82) is 0 Å². The van der Waals surface area contributed by atoms with Crippen LogP contribution in [0.1, 0.15) is 18.4 Å². The highest BCUT2D eigenvalue weighted by Gasteiger charge is 2.15. The number of aliphatic imine (C=N–C) groups is 1. The fourth-order valence-electron chi connectivity index (χ4n) is 2.99. The molecular weight excluding hydrogens is 362 g/mol. The lowest BCUT2D eigenvalue weighted by molar-refractivity contribution is 0.0888. The number of guanidine groups is 1. The summed E-state index contributed by atoms with van der Waals surface area (Å²) in [5, 5.41) is 6.59. The van der Waals surface area contributed by atoms with Gasteiger partial charge in [0, 0.05) is 39.3 Å². The third-order valence-corrected chi connectivity index (χ3v) is 4.54. The molecule has 8 heteroatoms. The second kappa shape index (κ2) is 12.3. The highest BCUT2D eigenvalue weighted by molar-refractivity contribution is 5.79. The van der Waals surface area contributed by atoms with E-state index in [2.05, 4.69) is 15.6 Å². The average Bonchev–Trinajstić information content (AvgIpc) is 3.25. The number of nitrogens with one attached hydrogen (secondary N) is 2. The van der Waals surface area contributed by atoms with Gasteiger partial charge in [0.05, 0.1) is 34.5 Å². The van der Waals surface area contributed by atoms with Crippen molar-refractivity contribution in [1.82, 2.24) is 10.6 Å². The van der Waals surface area contributed by atoms with E-state index in [1.54, 1.807) is 28.4 Å². The van der Waals surface area contributed by atoms with Gasteiger partial charge in [-0.3, -0.25) is 4.99 Å². The van der Waals surface area contributed by atoms with Crippen LogP contribution in [0, 0.1) is 5.92 Å². The van der Waals surface area contributed by atoms with E-state index in [9.17, 15) is 0 Å². The smallest absolute Gasteiger partial charge is 0.203 e.